The lowest BCUT2D eigenvalue weighted by atomic mass is 9.87. The molecule has 324 valence electrons. The smallest absolute Gasteiger partial charge is 0.404 e. The Morgan fingerprint density at radius 1 is 1.05 bits per heavy atom. The van der Waals surface area contributed by atoms with E-state index in [4.69, 9.17) is 30.5 Å². The lowest BCUT2D eigenvalue weighted by Gasteiger charge is -2.37. The zero-order chi connectivity index (χ0) is 43.2. The van der Waals surface area contributed by atoms with Crippen molar-refractivity contribution in [2.45, 2.75) is 51.0 Å². The molecule has 0 spiro atoms. The Morgan fingerprint density at radius 2 is 1.70 bits per heavy atom. The molecule has 2 saturated heterocycles. The summed E-state index contributed by atoms with van der Waals surface area (Å²) in [5.74, 6) is -0.784. The summed E-state index contributed by atoms with van der Waals surface area (Å²) in [7, 11) is 0. The normalized spacial score (nSPS) is 19.7. The van der Waals surface area contributed by atoms with Gasteiger partial charge in [0.1, 0.15) is 29.3 Å². The van der Waals surface area contributed by atoms with Gasteiger partial charge in [-0.1, -0.05) is 19.9 Å². The highest BCUT2D eigenvalue weighted by atomic mass is 19.1. The topological polar surface area (TPSA) is 211 Å². The third kappa shape index (κ3) is 12.1. The molecule has 5 atom stereocenters. The van der Waals surface area contributed by atoms with Gasteiger partial charge < -0.3 is 50.6 Å². The number of aliphatic hydroxyl groups excluding tert-OH is 1. The van der Waals surface area contributed by atoms with Crippen molar-refractivity contribution in [3.8, 4) is 5.75 Å². The number of hydrogen-bond acceptors (Lipinski definition) is 10. The number of carbonyl (C=O) groups is 2. The molecule has 0 aromatic heterocycles. The number of carbonyl (C=O) groups excluding carboxylic acids is 1. The molecule has 3 aromatic rings. The number of carboxylic acid groups (broad SMARTS) is 1. The van der Waals surface area contributed by atoms with Gasteiger partial charge >= 0.3 is 12.1 Å². The van der Waals surface area contributed by atoms with Gasteiger partial charge in [0.25, 0.3) is 0 Å². The van der Waals surface area contributed by atoms with Gasteiger partial charge in [0, 0.05) is 61.6 Å². The maximum absolute atomic E-state index is 14.9. The molecule has 16 nitrogen and oxygen atoms in total. The highest BCUT2D eigenvalue weighted by Crippen LogP contribution is 2.41. The molecule has 2 heterocycles. The van der Waals surface area contributed by atoms with Gasteiger partial charge in [-0.05, 0) is 73.9 Å². The molecule has 0 saturated carbocycles. The van der Waals surface area contributed by atoms with E-state index in [9.17, 15) is 23.5 Å². The number of nitrogens with one attached hydrogen (secondary N) is 3. The number of anilines is 3. The maximum Gasteiger partial charge on any atom is 0.404 e. The Labute approximate surface area is 348 Å². The van der Waals surface area contributed by atoms with E-state index < -0.39 is 47.6 Å². The van der Waals surface area contributed by atoms with Crippen LogP contribution in [0.1, 0.15) is 32.8 Å². The summed E-state index contributed by atoms with van der Waals surface area (Å²) in [4.78, 5) is 37.8. The third-order valence-corrected chi connectivity index (χ3v) is 10.6. The molecule has 18 heteroatoms. The van der Waals surface area contributed by atoms with Crippen LogP contribution < -0.4 is 35.8 Å². The fourth-order valence-corrected chi connectivity index (χ4v) is 7.42. The monoisotopic (exact) mass is 835 g/mol. The van der Waals surface area contributed by atoms with Crippen molar-refractivity contribution in [1.29, 1.82) is 5.41 Å². The molecule has 7 N–H and O–H groups in total. The van der Waals surface area contributed by atoms with Crippen LogP contribution in [0.15, 0.2) is 76.7 Å². The van der Waals surface area contributed by atoms with Crippen molar-refractivity contribution in [2.24, 2.45) is 27.6 Å². The average molecular weight is 836 g/mol. The van der Waals surface area contributed by atoms with Crippen LogP contribution in [0.3, 0.4) is 0 Å². The number of piperazine rings is 1. The number of hydrogen-bond donors (Lipinski definition) is 6. The first-order chi connectivity index (χ1) is 28.8. The van der Waals surface area contributed by atoms with E-state index in [0.717, 1.165) is 56.3 Å². The average Bonchev–Trinajstić information content (AvgIpc) is 3.66. The Kier molecular flexibility index (Phi) is 16.1. The van der Waals surface area contributed by atoms with Gasteiger partial charge in [0.05, 0.1) is 63.0 Å². The van der Waals surface area contributed by atoms with E-state index in [1.54, 1.807) is 19.1 Å². The van der Waals surface area contributed by atoms with Crippen molar-refractivity contribution < 1.29 is 42.8 Å². The van der Waals surface area contributed by atoms with Crippen LogP contribution in [-0.4, -0.2) is 119 Å². The number of aliphatic hydroxyl groups is 1. The minimum atomic E-state index is -1.24. The second-order valence-corrected chi connectivity index (χ2v) is 15.1. The Hall–Kier alpha value is -5.85. The summed E-state index contributed by atoms with van der Waals surface area (Å²) in [6, 6.07) is 17.8. The lowest BCUT2D eigenvalue weighted by Crippen LogP contribution is -2.52. The van der Waals surface area contributed by atoms with Crippen LogP contribution >= 0.6 is 0 Å². The molecule has 2 aliphatic heterocycles. The van der Waals surface area contributed by atoms with E-state index in [2.05, 4.69) is 30.4 Å². The lowest BCUT2D eigenvalue weighted by molar-refractivity contribution is -0.0205. The predicted molar refractivity (Wildman–Crippen MR) is 227 cm³/mol. The van der Waals surface area contributed by atoms with Crippen LogP contribution in [-0.2, 0) is 15.1 Å². The molecule has 0 radical (unpaired) electrons. The molecule has 2 fully saturated rings. The van der Waals surface area contributed by atoms with Crippen LogP contribution in [0.2, 0.25) is 0 Å². The first kappa shape index (κ1) is 45.2. The summed E-state index contributed by atoms with van der Waals surface area (Å²) in [5, 5.41) is 31.8. The first-order valence-electron chi connectivity index (χ1n) is 19.8. The van der Waals surface area contributed by atoms with E-state index >= 15 is 0 Å². The van der Waals surface area contributed by atoms with Crippen molar-refractivity contribution in [1.82, 2.24) is 10.6 Å². The largest absolute Gasteiger partial charge is 0.493 e. The van der Waals surface area contributed by atoms with Gasteiger partial charge in [-0.15, -0.1) is 0 Å². The molecule has 2 aliphatic rings. The fraction of sp³-hybridized carbons (Fsp3) is 0.452. The van der Waals surface area contributed by atoms with Gasteiger partial charge in [0.15, 0.2) is 0 Å². The van der Waals surface area contributed by atoms with Gasteiger partial charge in [-0.3, -0.25) is 15.3 Å². The number of nitrogens with zero attached hydrogens (tertiary/aromatic N) is 5. The quantitative estimate of drug-likeness (QED) is 0.0718. The highest BCUT2D eigenvalue weighted by molar-refractivity contribution is 6.06. The standard InChI is InChI=1S/C42H55F2N9O7/c1-28(2)39(29(3)58-23-35(54)20-49-41(56)57)50-40(55)53(26-46)34-7-5-32(6-8-34)51-14-16-52(17-15-51)33-9-11-36(12-10-33)59-21-30-19-42(60-22-30,24-47-27-48-25-45)37-13-4-31(43)18-38(37)44/h4-13,18,25-30,35,39,46,49,54H,14-17,19-24H2,1-3H3,(H,50,55)(H,56,57)(H2,45,47,48). The molecule has 0 aliphatic carbocycles. The number of urea groups is 1. The van der Waals surface area contributed by atoms with Crippen molar-refractivity contribution in [2.75, 3.05) is 73.8 Å². The van der Waals surface area contributed by atoms with E-state index in [0.29, 0.717) is 31.1 Å². The SMILES string of the molecule is CC(C)C(NC(=O)N(C=N)c1ccc(N2CCN(c3ccc(OCC4COC(CN=CN=CN)(c5ccc(F)cc5F)C4)cc3)CC2)cc1)C(C)OCC(O)CNC(=O)O. The third-order valence-electron chi connectivity index (χ3n) is 10.6. The van der Waals surface area contributed by atoms with Crippen LogP contribution in [0, 0.1) is 28.9 Å². The summed E-state index contributed by atoms with van der Waals surface area (Å²) in [6.45, 7) is 9.13. The van der Waals surface area contributed by atoms with Crippen LogP contribution in [0.4, 0.5) is 35.4 Å². The zero-order valence-electron chi connectivity index (χ0n) is 34.0. The second-order valence-electron chi connectivity index (χ2n) is 15.1. The number of rotatable bonds is 19. The first-order valence-corrected chi connectivity index (χ1v) is 19.8. The summed E-state index contributed by atoms with van der Waals surface area (Å²) in [5.41, 5.74) is 7.00. The zero-order valence-corrected chi connectivity index (χ0v) is 34.0. The van der Waals surface area contributed by atoms with Gasteiger partial charge in [-0.25, -0.2) is 23.4 Å². The Balaban J connectivity index is 1.10. The fourth-order valence-electron chi connectivity index (χ4n) is 7.42. The van der Waals surface area contributed by atoms with Crippen LogP contribution in [0.5, 0.6) is 5.75 Å². The number of nitrogens with two attached hydrogens (primary N) is 1. The molecule has 5 rings (SSSR count). The van der Waals surface area contributed by atoms with Gasteiger partial charge in [-0.2, -0.15) is 0 Å². The Bertz CT molecular complexity index is 1930. The second kappa shape index (κ2) is 21.4. The van der Waals surface area contributed by atoms with Crippen molar-refractivity contribution in [3.63, 3.8) is 0 Å². The van der Waals surface area contributed by atoms with E-state index in [1.807, 2.05) is 50.2 Å². The van der Waals surface area contributed by atoms with E-state index in [-0.39, 0.29) is 37.1 Å². The minimum Gasteiger partial charge on any atom is -0.493 e. The minimum absolute atomic E-state index is 0.0444. The van der Waals surface area contributed by atoms with E-state index in [1.165, 1.54) is 23.4 Å². The number of halogens is 2. The molecule has 5 unspecified atom stereocenters. The van der Waals surface area contributed by atoms with Crippen molar-refractivity contribution >= 4 is 48.2 Å². The highest BCUT2D eigenvalue weighted by Gasteiger charge is 2.44. The summed E-state index contributed by atoms with van der Waals surface area (Å²) in [6.07, 6.45) is 0.953. The number of benzene rings is 3. The molecule has 3 aromatic carbocycles. The number of ether oxygens (including phenoxy) is 3. The summed E-state index contributed by atoms with van der Waals surface area (Å²) < 4.78 is 46.6. The molecular formula is C42H55F2N9O7. The van der Waals surface area contributed by atoms with Crippen molar-refractivity contribution in [3.05, 3.63) is 83.9 Å². The summed E-state index contributed by atoms with van der Waals surface area (Å²) >= 11 is 0. The molecule has 3 amide bonds. The van der Waals surface area contributed by atoms with Gasteiger partial charge in [0.2, 0.25) is 0 Å². The number of amides is 3. The number of aliphatic imine (C=N–C) groups is 2. The van der Waals surface area contributed by atoms with Crippen LogP contribution in [0.25, 0.3) is 0 Å². The Morgan fingerprint density at radius 3 is 2.28 bits per heavy atom. The molecular weight excluding hydrogens is 781 g/mol. The maximum atomic E-state index is 14.9. The predicted octanol–water partition coefficient (Wildman–Crippen LogP) is 4.80. The molecule has 0 bridgehead atoms. The molecule has 60 heavy (non-hydrogen) atoms.